The minimum atomic E-state index is -4.51. The standard InChI is InChI=1S/C21H24F5N3OS.C10H11NO/c1-13-3-6-19(27-14(2)16(11-13)21(24,25)26)28-17-5-4-15(12-18(17)31-20(22)23)29-7-9-30-10-8-29;1-3-10(12)11-9-6-4-5-8(2)7-9/h4-6,11-13,20,28H,3,7-10H2,1-2H3;3-7H,1H2,2H3,(H,11,12)/b16-11+,19-6-,27-14-;. The number of carbonyl (C=O) groups is 1. The van der Waals surface area contributed by atoms with E-state index in [4.69, 9.17) is 4.74 Å². The number of amides is 1. The second kappa shape index (κ2) is 15.7. The Labute approximate surface area is 252 Å². The van der Waals surface area contributed by atoms with Gasteiger partial charge in [0.2, 0.25) is 5.91 Å². The number of allylic oxidation sites excluding steroid dienone is 3. The Kier molecular flexibility index (Phi) is 12.4. The molecule has 0 spiro atoms. The van der Waals surface area contributed by atoms with Crippen LogP contribution in [0.4, 0.5) is 39.0 Å². The number of aliphatic imine (C=N–C) groups is 1. The fraction of sp³-hybridized carbons (Fsp3) is 0.355. The van der Waals surface area contributed by atoms with Crippen LogP contribution >= 0.6 is 11.8 Å². The maximum Gasteiger partial charge on any atom is 0.417 e. The Morgan fingerprint density at radius 2 is 1.88 bits per heavy atom. The van der Waals surface area contributed by atoms with Crippen LogP contribution in [0, 0.1) is 12.8 Å². The van der Waals surface area contributed by atoms with E-state index < -0.39 is 17.5 Å². The highest BCUT2D eigenvalue weighted by Crippen LogP contribution is 2.37. The van der Waals surface area contributed by atoms with Gasteiger partial charge in [0, 0.05) is 29.4 Å². The van der Waals surface area contributed by atoms with Crippen LogP contribution in [0.5, 0.6) is 0 Å². The van der Waals surface area contributed by atoms with Gasteiger partial charge in [0.1, 0.15) is 5.82 Å². The molecule has 2 heterocycles. The molecule has 1 atom stereocenters. The fourth-order valence-electron chi connectivity index (χ4n) is 4.32. The molecular formula is C31H35F5N4O2S. The van der Waals surface area contributed by atoms with Gasteiger partial charge in [-0.1, -0.05) is 43.5 Å². The largest absolute Gasteiger partial charge is 0.417 e. The normalized spacial score (nSPS) is 21.0. The highest BCUT2D eigenvalue weighted by Gasteiger charge is 2.36. The van der Waals surface area contributed by atoms with E-state index in [2.05, 4.69) is 22.2 Å². The highest BCUT2D eigenvalue weighted by molar-refractivity contribution is 7.99. The van der Waals surface area contributed by atoms with E-state index in [9.17, 15) is 26.7 Å². The van der Waals surface area contributed by atoms with Crippen molar-refractivity contribution in [1.82, 2.24) is 0 Å². The van der Waals surface area contributed by atoms with Gasteiger partial charge in [-0.05, 0) is 74.2 Å². The number of hydrogen-bond acceptors (Lipinski definition) is 6. The first-order valence-corrected chi connectivity index (χ1v) is 14.5. The van der Waals surface area contributed by atoms with Gasteiger partial charge in [-0.15, -0.1) is 0 Å². The molecular weight excluding hydrogens is 587 g/mol. The highest BCUT2D eigenvalue weighted by atomic mass is 32.2. The fourth-order valence-corrected chi connectivity index (χ4v) is 4.94. The molecule has 2 aromatic rings. The lowest BCUT2D eigenvalue weighted by Gasteiger charge is -2.29. The van der Waals surface area contributed by atoms with E-state index in [1.165, 1.54) is 19.1 Å². The molecule has 12 heteroatoms. The molecule has 0 radical (unpaired) electrons. The molecule has 4 rings (SSSR count). The third kappa shape index (κ3) is 10.9. The van der Waals surface area contributed by atoms with Gasteiger partial charge in [0.15, 0.2) is 0 Å². The monoisotopic (exact) mass is 622 g/mol. The molecule has 1 amide bonds. The van der Waals surface area contributed by atoms with Crippen LogP contribution in [0.25, 0.3) is 0 Å². The quantitative estimate of drug-likeness (QED) is 0.185. The summed E-state index contributed by atoms with van der Waals surface area (Å²) >= 11 is 0.386. The Hall–Kier alpha value is -3.64. The molecule has 2 N–H and O–H groups in total. The first kappa shape index (κ1) is 33.9. The van der Waals surface area contributed by atoms with E-state index in [1.54, 1.807) is 31.2 Å². The molecule has 0 saturated carbocycles. The number of nitrogens with one attached hydrogen (secondary N) is 2. The van der Waals surface area contributed by atoms with Gasteiger partial charge < -0.3 is 20.3 Å². The van der Waals surface area contributed by atoms with Gasteiger partial charge in [-0.25, -0.2) is 4.99 Å². The number of benzene rings is 2. The number of thioether (sulfide) groups is 1. The van der Waals surface area contributed by atoms with Gasteiger partial charge in [0.05, 0.1) is 30.2 Å². The van der Waals surface area contributed by atoms with Crippen LogP contribution in [-0.2, 0) is 9.53 Å². The SMILES string of the molecule is C=CC(=O)Nc1cccc(C)c1.CC1=N/C(Nc2ccc(N3CCOCC3)cc2SC(F)F)=C/CC(C)/C=C\1C(F)(F)F. The molecule has 2 aliphatic rings. The summed E-state index contributed by atoms with van der Waals surface area (Å²) in [5.41, 5.74) is 2.13. The molecule has 2 aliphatic heterocycles. The van der Waals surface area contributed by atoms with Crippen LogP contribution in [0.3, 0.4) is 0 Å². The summed E-state index contributed by atoms with van der Waals surface area (Å²) < 4.78 is 71.8. The Morgan fingerprint density at radius 1 is 1.16 bits per heavy atom. The number of ether oxygens (including phenoxy) is 1. The molecule has 1 fully saturated rings. The summed E-state index contributed by atoms with van der Waals surface area (Å²) in [6.07, 6.45) is -0.0726. The lowest BCUT2D eigenvalue weighted by molar-refractivity contribution is -0.111. The maximum atomic E-state index is 13.4. The van der Waals surface area contributed by atoms with Crippen molar-refractivity contribution >= 4 is 40.4 Å². The molecule has 232 valence electrons. The van der Waals surface area contributed by atoms with Crippen LogP contribution in [-0.4, -0.2) is 49.9 Å². The van der Waals surface area contributed by atoms with Crippen LogP contribution in [0.2, 0.25) is 0 Å². The van der Waals surface area contributed by atoms with Crippen molar-refractivity contribution in [3.05, 3.63) is 84.2 Å². The first-order chi connectivity index (χ1) is 20.3. The van der Waals surface area contributed by atoms with E-state index >= 15 is 0 Å². The predicted molar refractivity (Wildman–Crippen MR) is 164 cm³/mol. The minimum Gasteiger partial charge on any atom is -0.378 e. The average Bonchev–Trinajstić information content (AvgIpc) is 2.94. The number of alkyl halides is 5. The van der Waals surface area contributed by atoms with Crippen molar-refractivity contribution in [1.29, 1.82) is 0 Å². The molecule has 0 aromatic heterocycles. The topological polar surface area (TPSA) is 66.0 Å². The molecule has 0 aliphatic carbocycles. The first-order valence-electron chi connectivity index (χ1n) is 13.6. The van der Waals surface area contributed by atoms with Gasteiger partial charge in [-0.2, -0.15) is 22.0 Å². The smallest absolute Gasteiger partial charge is 0.378 e. The summed E-state index contributed by atoms with van der Waals surface area (Å²) in [6.45, 7) is 10.8. The number of hydrogen-bond donors (Lipinski definition) is 2. The number of morpholine rings is 1. The minimum absolute atomic E-state index is 0.175. The van der Waals surface area contributed by atoms with E-state index in [1.807, 2.05) is 36.1 Å². The summed E-state index contributed by atoms with van der Waals surface area (Å²) in [4.78, 5) is 17.3. The Balaban J connectivity index is 0.000000353. The zero-order chi connectivity index (χ0) is 31.6. The molecule has 43 heavy (non-hydrogen) atoms. The third-order valence-corrected chi connectivity index (χ3v) is 7.18. The number of halogens is 5. The van der Waals surface area contributed by atoms with Crippen LogP contribution in [0.15, 0.2) is 88.6 Å². The number of aryl methyl sites for hydroxylation is 1. The van der Waals surface area contributed by atoms with Crippen molar-refractivity contribution in [2.45, 2.75) is 44.0 Å². The van der Waals surface area contributed by atoms with E-state index in [-0.39, 0.29) is 23.4 Å². The third-order valence-electron chi connectivity index (χ3n) is 6.41. The number of carbonyl (C=O) groups excluding carboxylic acids is 1. The van der Waals surface area contributed by atoms with E-state index in [0.717, 1.165) is 16.9 Å². The summed E-state index contributed by atoms with van der Waals surface area (Å²) in [7, 11) is 0. The predicted octanol–water partition coefficient (Wildman–Crippen LogP) is 8.20. The average molecular weight is 623 g/mol. The lowest BCUT2D eigenvalue weighted by atomic mass is 10.00. The molecule has 1 unspecified atom stereocenters. The van der Waals surface area contributed by atoms with Crippen molar-refractivity contribution in [2.75, 3.05) is 41.8 Å². The molecule has 0 bridgehead atoms. The van der Waals surface area contributed by atoms with E-state index in [0.29, 0.717) is 55.1 Å². The van der Waals surface area contributed by atoms with Crippen LogP contribution < -0.4 is 15.5 Å². The zero-order valence-electron chi connectivity index (χ0n) is 24.2. The van der Waals surface area contributed by atoms with Crippen molar-refractivity contribution in [3.63, 3.8) is 0 Å². The second-order valence-electron chi connectivity index (χ2n) is 9.92. The summed E-state index contributed by atoms with van der Waals surface area (Å²) in [5.74, 6) is -2.97. The maximum absolute atomic E-state index is 13.4. The van der Waals surface area contributed by atoms with Gasteiger partial charge in [0.25, 0.3) is 5.76 Å². The van der Waals surface area contributed by atoms with Crippen molar-refractivity contribution in [2.24, 2.45) is 10.9 Å². The van der Waals surface area contributed by atoms with Crippen molar-refractivity contribution in [3.8, 4) is 0 Å². The second-order valence-corrected chi connectivity index (χ2v) is 11.0. The van der Waals surface area contributed by atoms with Gasteiger partial charge in [-0.3, -0.25) is 4.79 Å². The number of nitrogens with zero attached hydrogens (tertiary/aromatic N) is 2. The number of rotatable bonds is 7. The number of anilines is 3. The van der Waals surface area contributed by atoms with Gasteiger partial charge >= 0.3 is 6.18 Å². The van der Waals surface area contributed by atoms with Crippen LogP contribution in [0.1, 0.15) is 25.8 Å². The molecule has 1 saturated heterocycles. The lowest BCUT2D eigenvalue weighted by Crippen LogP contribution is -2.36. The molecule has 6 nitrogen and oxygen atoms in total. The Morgan fingerprint density at radius 3 is 2.51 bits per heavy atom. The zero-order valence-corrected chi connectivity index (χ0v) is 25.0. The van der Waals surface area contributed by atoms with Crippen molar-refractivity contribution < 1.29 is 31.5 Å². The Bertz CT molecular complexity index is 1370. The molecule has 2 aromatic carbocycles. The summed E-state index contributed by atoms with van der Waals surface area (Å²) in [6, 6.07) is 12.7. The summed E-state index contributed by atoms with van der Waals surface area (Å²) in [5, 5.41) is 5.63.